The first-order valence-electron chi connectivity index (χ1n) is 5.07. The molecule has 0 bridgehead atoms. The van der Waals surface area contributed by atoms with Gasteiger partial charge in [-0.25, -0.2) is 13.6 Å². The lowest BCUT2D eigenvalue weighted by atomic mass is 10.3. The van der Waals surface area contributed by atoms with Crippen molar-refractivity contribution in [2.24, 2.45) is 5.14 Å². The Morgan fingerprint density at radius 2 is 1.94 bits per heavy atom. The molecule has 0 heterocycles. The Bertz CT molecular complexity index is 554. The van der Waals surface area contributed by atoms with E-state index in [2.05, 4.69) is 5.32 Å². The molecule has 0 aromatic heterocycles. The zero-order valence-corrected chi connectivity index (χ0v) is 11.0. The maximum atomic E-state index is 11.4. The number of rotatable bonds is 4. The third kappa shape index (κ3) is 3.90. The lowest BCUT2D eigenvalue weighted by molar-refractivity contribution is -0.126. The molecule has 5 N–H and O–H groups in total. The highest BCUT2D eigenvalue weighted by Crippen LogP contribution is 2.19. The van der Waals surface area contributed by atoms with Gasteiger partial charge in [0.25, 0.3) is 0 Å². The first-order valence-corrected chi connectivity index (χ1v) is 6.62. The van der Waals surface area contributed by atoms with Gasteiger partial charge < -0.3 is 16.0 Å². The molecule has 1 amide bonds. The second-order valence-corrected chi connectivity index (χ2v) is 5.54. The van der Waals surface area contributed by atoms with Gasteiger partial charge in [-0.3, -0.25) is 4.79 Å². The molecule has 1 rings (SSSR count). The average Bonchev–Trinajstić information content (AvgIpc) is 2.23. The van der Waals surface area contributed by atoms with Gasteiger partial charge in [-0.05, 0) is 18.2 Å². The summed E-state index contributed by atoms with van der Waals surface area (Å²) in [6, 6.07) is 4.11. The molecule has 0 saturated heterocycles. The third-order valence-electron chi connectivity index (χ3n) is 2.20. The molecule has 0 spiro atoms. The SMILES string of the molecule is CN(C)C(=O)CNc1cc(N)cc(S(N)(=O)=O)c1. The zero-order valence-electron chi connectivity index (χ0n) is 10.2. The number of nitrogen functional groups attached to an aromatic ring is 1. The number of hydrogen-bond donors (Lipinski definition) is 3. The maximum Gasteiger partial charge on any atom is 0.241 e. The van der Waals surface area contributed by atoms with Crippen LogP contribution in [0.5, 0.6) is 0 Å². The number of sulfonamides is 1. The van der Waals surface area contributed by atoms with Crippen LogP contribution in [0.15, 0.2) is 23.1 Å². The van der Waals surface area contributed by atoms with Crippen LogP contribution in [0.4, 0.5) is 11.4 Å². The Morgan fingerprint density at radius 3 is 2.44 bits per heavy atom. The second-order valence-electron chi connectivity index (χ2n) is 3.98. The van der Waals surface area contributed by atoms with E-state index in [9.17, 15) is 13.2 Å². The Labute approximate surface area is 106 Å². The molecule has 1 aromatic carbocycles. The summed E-state index contributed by atoms with van der Waals surface area (Å²) in [5, 5.41) is 7.80. The van der Waals surface area contributed by atoms with E-state index in [1.165, 1.54) is 23.1 Å². The number of carbonyl (C=O) groups is 1. The van der Waals surface area contributed by atoms with Gasteiger partial charge in [0.2, 0.25) is 15.9 Å². The molecule has 100 valence electrons. The predicted molar refractivity (Wildman–Crippen MR) is 69.4 cm³/mol. The van der Waals surface area contributed by atoms with E-state index in [4.69, 9.17) is 10.9 Å². The standard InChI is InChI=1S/C10H16N4O3S/c1-14(2)10(15)6-13-8-3-7(11)4-9(5-8)18(12,16)17/h3-5,13H,6,11H2,1-2H3,(H2,12,16,17). The van der Waals surface area contributed by atoms with E-state index >= 15 is 0 Å². The van der Waals surface area contributed by atoms with Crippen LogP contribution in [0.1, 0.15) is 0 Å². The van der Waals surface area contributed by atoms with E-state index in [0.29, 0.717) is 5.69 Å². The van der Waals surface area contributed by atoms with Crippen LogP contribution in [0.3, 0.4) is 0 Å². The normalized spacial score (nSPS) is 11.1. The first kappa shape index (κ1) is 14.3. The van der Waals surface area contributed by atoms with Gasteiger partial charge in [0.15, 0.2) is 0 Å². The number of benzene rings is 1. The molecular formula is C10H16N4O3S. The molecule has 0 radical (unpaired) electrons. The van der Waals surface area contributed by atoms with Gasteiger partial charge in [0.05, 0.1) is 11.4 Å². The fraction of sp³-hybridized carbons (Fsp3) is 0.300. The summed E-state index contributed by atoms with van der Waals surface area (Å²) >= 11 is 0. The van der Waals surface area contributed by atoms with Crippen molar-refractivity contribution in [3.05, 3.63) is 18.2 Å². The summed E-state index contributed by atoms with van der Waals surface area (Å²) in [5.41, 5.74) is 6.24. The molecular weight excluding hydrogens is 256 g/mol. The number of nitrogens with one attached hydrogen (secondary N) is 1. The van der Waals surface area contributed by atoms with Crippen LogP contribution in [0, 0.1) is 0 Å². The van der Waals surface area contributed by atoms with Gasteiger partial charge in [-0.2, -0.15) is 0 Å². The number of amides is 1. The summed E-state index contributed by atoms with van der Waals surface area (Å²) in [6.45, 7) is 0.0422. The Kier molecular flexibility index (Phi) is 4.15. The Morgan fingerprint density at radius 1 is 1.33 bits per heavy atom. The van der Waals surface area contributed by atoms with Gasteiger partial charge in [-0.15, -0.1) is 0 Å². The van der Waals surface area contributed by atoms with Gasteiger partial charge in [0.1, 0.15) is 0 Å². The number of nitrogens with two attached hydrogens (primary N) is 2. The van der Waals surface area contributed by atoms with Crippen LogP contribution in [-0.2, 0) is 14.8 Å². The number of likely N-dealkylation sites (N-methyl/N-ethyl adjacent to an activating group) is 1. The van der Waals surface area contributed by atoms with Crippen LogP contribution < -0.4 is 16.2 Å². The van der Waals surface area contributed by atoms with Crippen molar-refractivity contribution in [1.82, 2.24) is 4.90 Å². The van der Waals surface area contributed by atoms with Crippen LogP contribution in [0.25, 0.3) is 0 Å². The topological polar surface area (TPSA) is 119 Å². The van der Waals surface area contributed by atoms with E-state index in [1.807, 2.05) is 0 Å². The largest absolute Gasteiger partial charge is 0.399 e. The third-order valence-corrected chi connectivity index (χ3v) is 3.09. The predicted octanol–water partition coefficient (Wildman–Crippen LogP) is -0.584. The van der Waals surface area contributed by atoms with E-state index in [1.54, 1.807) is 14.1 Å². The van der Waals surface area contributed by atoms with Gasteiger partial charge >= 0.3 is 0 Å². The highest BCUT2D eigenvalue weighted by atomic mass is 32.2. The minimum Gasteiger partial charge on any atom is -0.399 e. The average molecular weight is 272 g/mol. The number of primary sulfonamides is 1. The van der Waals surface area contributed by atoms with Crippen molar-refractivity contribution >= 4 is 27.3 Å². The quantitative estimate of drug-likeness (QED) is 0.633. The Balaban J connectivity index is 2.91. The van der Waals surface area contributed by atoms with Crippen LogP contribution >= 0.6 is 0 Å². The Hall–Kier alpha value is -1.80. The fourth-order valence-corrected chi connectivity index (χ4v) is 1.82. The van der Waals surface area contributed by atoms with Crippen molar-refractivity contribution < 1.29 is 13.2 Å². The minimum absolute atomic E-state index is 0.0422. The second kappa shape index (κ2) is 5.23. The first-order chi connectivity index (χ1) is 8.20. The van der Waals surface area contributed by atoms with Crippen molar-refractivity contribution in [3.63, 3.8) is 0 Å². The number of carbonyl (C=O) groups excluding carboxylic acids is 1. The molecule has 0 aliphatic rings. The molecule has 0 aliphatic carbocycles. The van der Waals surface area contributed by atoms with Crippen molar-refractivity contribution in [2.75, 3.05) is 31.7 Å². The molecule has 0 aliphatic heterocycles. The number of nitrogens with zero attached hydrogens (tertiary/aromatic N) is 1. The lowest BCUT2D eigenvalue weighted by Crippen LogP contribution is -2.28. The molecule has 7 nitrogen and oxygen atoms in total. The smallest absolute Gasteiger partial charge is 0.241 e. The summed E-state index contributed by atoms with van der Waals surface area (Å²) in [6.07, 6.45) is 0. The zero-order chi connectivity index (χ0) is 13.9. The molecule has 1 aromatic rings. The van der Waals surface area contributed by atoms with E-state index in [-0.39, 0.29) is 23.0 Å². The number of hydrogen-bond acceptors (Lipinski definition) is 5. The fourth-order valence-electron chi connectivity index (χ4n) is 1.22. The molecule has 0 fully saturated rings. The lowest BCUT2D eigenvalue weighted by Gasteiger charge is -2.12. The number of anilines is 2. The summed E-state index contributed by atoms with van der Waals surface area (Å²) < 4.78 is 22.4. The van der Waals surface area contributed by atoms with E-state index < -0.39 is 10.0 Å². The summed E-state index contributed by atoms with van der Waals surface area (Å²) in [5.74, 6) is -0.144. The monoisotopic (exact) mass is 272 g/mol. The molecule has 18 heavy (non-hydrogen) atoms. The van der Waals surface area contributed by atoms with Crippen LogP contribution in [0.2, 0.25) is 0 Å². The highest BCUT2D eigenvalue weighted by molar-refractivity contribution is 7.89. The van der Waals surface area contributed by atoms with Gasteiger partial charge in [-0.1, -0.05) is 0 Å². The highest BCUT2D eigenvalue weighted by Gasteiger charge is 2.10. The van der Waals surface area contributed by atoms with Crippen molar-refractivity contribution in [3.8, 4) is 0 Å². The maximum absolute atomic E-state index is 11.4. The van der Waals surface area contributed by atoms with Crippen molar-refractivity contribution in [1.29, 1.82) is 0 Å². The summed E-state index contributed by atoms with van der Waals surface area (Å²) in [7, 11) is -0.570. The van der Waals surface area contributed by atoms with E-state index in [0.717, 1.165) is 0 Å². The van der Waals surface area contributed by atoms with Crippen LogP contribution in [-0.4, -0.2) is 39.9 Å². The minimum atomic E-state index is -3.82. The van der Waals surface area contributed by atoms with Crippen molar-refractivity contribution in [2.45, 2.75) is 4.90 Å². The van der Waals surface area contributed by atoms with Gasteiger partial charge in [0, 0.05) is 25.5 Å². The molecule has 0 unspecified atom stereocenters. The molecule has 0 atom stereocenters. The summed E-state index contributed by atoms with van der Waals surface area (Å²) in [4.78, 5) is 12.7. The molecule has 0 saturated carbocycles. The molecule has 8 heteroatoms.